The Balaban J connectivity index is 2.04. The van der Waals surface area contributed by atoms with E-state index in [1.807, 2.05) is 12.1 Å². The van der Waals surface area contributed by atoms with Gasteiger partial charge in [0, 0.05) is 6.42 Å². The zero-order chi connectivity index (χ0) is 13.3. The number of hydrogen-bond donors (Lipinski definition) is 0. The highest BCUT2D eigenvalue weighted by Gasteiger charge is 2.35. The van der Waals surface area contributed by atoms with Gasteiger partial charge in [0.05, 0.1) is 16.0 Å². The van der Waals surface area contributed by atoms with Gasteiger partial charge >= 0.3 is 0 Å². The Morgan fingerprint density at radius 3 is 2.61 bits per heavy atom. The molecule has 4 nitrogen and oxygen atoms in total. The predicted octanol–water partition coefficient (Wildman–Crippen LogP) is 1.76. The predicted molar refractivity (Wildman–Crippen MR) is 71.6 cm³/mol. The van der Waals surface area contributed by atoms with Gasteiger partial charge in [0.2, 0.25) is 0 Å². The summed E-state index contributed by atoms with van der Waals surface area (Å²) in [5, 5.41) is 0. The van der Waals surface area contributed by atoms with Crippen LogP contribution in [0.15, 0.2) is 22.7 Å². The summed E-state index contributed by atoms with van der Waals surface area (Å²) in [7, 11) is -2.87. The van der Waals surface area contributed by atoms with E-state index < -0.39 is 9.84 Å². The van der Waals surface area contributed by atoms with Gasteiger partial charge < -0.3 is 4.74 Å². The van der Waals surface area contributed by atoms with Crippen molar-refractivity contribution in [3.63, 3.8) is 0 Å². The lowest BCUT2D eigenvalue weighted by atomic mass is 10.1. The van der Waals surface area contributed by atoms with Crippen LogP contribution in [-0.4, -0.2) is 31.8 Å². The first-order valence-corrected chi connectivity index (χ1v) is 8.12. The zero-order valence-corrected chi connectivity index (χ0v) is 12.3. The summed E-state index contributed by atoms with van der Waals surface area (Å²) in [5.41, 5.74) is 0.906. The number of Topliss-reactive ketones (excluding diaryl/α,β-unsaturated/α-hetero) is 1. The lowest BCUT2D eigenvalue weighted by molar-refractivity contribution is -0.116. The van der Waals surface area contributed by atoms with Crippen LogP contribution in [0.25, 0.3) is 0 Å². The van der Waals surface area contributed by atoms with Crippen LogP contribution in [-0.2, 0) is 21.1 Å². The number of rotatable bonds is 4. The second-order valence-electron chi connectivity index (χ2n) is 4.46. The molecule has 0 radical (unpaired) electrons. The number of carbonyl (C=O) groups is 1. The first kappa shape index (κ1) is 13.5. The van der Waals surface area contributed by atoms with Crippen molar-refractivity contribution in [2.24, 2.45) is 0 Å². The van der Waals surface area contributed by atoms with Crippen LogP contribution in [0.3, 0.4) is 0 Å². The van der Waals surface area contributed by atoms with Crippen molar-refractivity contribution < 1.29 is 17.9 Å². The second kappa shape index (κ2) is 5.01. The zero-order valence-electron chi connectivity index (χ0n) is 9.85. The summed E-state index contributed by atoms with van der Waals surface area (Å²) in [4.78, 5) is 11.0. The van der Waals surface area contributed by atoms with E-state index >= 15 is 0 Å². The molecule has 0 N–H and O–H groups in total. The summed E-state index contributed by atoms with van der Waals surface area (Å²) in [6.45, 7) is 1.54. The van der Waals surface area contributed by atoms with Gasteiger partial charge in [-0.05, 0) is 40.5 Å². The van der Waals surface area contributed by atoms with E-state index in [9.17, 15) is 13.2 Å². The topological polar surface area (TPSA) is 60.4 Å². The summed E-state index contributed by atoms with van der Waals surface area (Å²) in [5.74, 6) is 0.867. The average molecular weight is 333 g/mol. The molecule has 1 aromatic rings. The molecule has 0 aromatic heterocycles. The standard InChI is InChI=1S/C12H13BrO4S/c1-8(14)4-9-2-3-12(11(13)5-9)17-10-6-18(15,16)7-10/h2-3,5,10H,4,6-7H2,1H3. The molecule has 98 valence electrons. The maximum absolute atomic E-state index is 11.0. The van der Waals surface area contributed by atoms with Crippen LogP contribution in [0, 0.1) is 0 Å². The third-order valence-corrected chi connectivity index (χ3v) is 5.00. The van der Waals surface area contributed by atoms with E-state index in [1.165, 1.54) is 6.92 Å². The minimum absolute atomic E-state index is 0.0780. The van der Waals surface area contributed by atoms with Gasteiger partial charge in [-0.1, -0.05) is 6.07 Å². The minimum atomic E-state index is -2.87. The molecule has 6 heteroatoms. The van der Waals surface area contributed by atoms with Crippen molar-refractivity contribution in [1.82, 2.24) is 0 Å². The molecule has 0 bridgehead atoms. The maximum Gasteiger partial charge on any atom is 0.157 e. The molecule has 0 amide bonds. The van der Waals surface area contributed by atoms with Crippen molar-refractivity contribution in [2.45, 2.75) is 19.4 Å². The molecule has 1 aromatic carbocycles. The Kier molecular flexibility index (Phi) is 3.77. The molecule has 1 fully saturated rings. The molecule has 0 saturated carbocycles. The SMILES string of the molecule is CC(=O)Cc1ccc(OC2CS(=O)(=O)C2)c(Br)c1. The molecular weight excluding hydrogens is 320 g/mol. The molecule has 2 rings (SSSR count). The van der Waals surface area contributed by atoms with Gasteiger partial charge in [-0.2, -0.15) is 0 Å². The first-order valence-electron chi connectivity index (χ1n) is 5.51. The van der Waals surface area contributed by atoms with Gasteiger partial charge in [0.15, 0.2) is 9.84 Å². The quantitative estimate of drug-likeness (QED) is 0.842. The summed E-state index contributed by atoms with van der Waals surface area (Å²) in [6.07, 6.45) is 0.126. The molecule has 18 heavy (non-hydrogen) atoms. The Bertz CT molecular complexity index is 568. The van der Waals surface area contributed by atoms with E-state index in [4.69, 9.17) is 4.74 Å². The number of benzene rings is 1. The lowest BCUT2D eigenvalue weighted by Gasteiger charge is -2.27. The fraction of sp³-hybridized carbons (Fsp3) is 0.417. The molecule has 1 aliphatic heterocycles. The van der Waals surface area contributed by atoms with E-state index in [1.54, 1.807) is 6.07 Å². The summed E-state index contributed by atoms with van der Waals surface area (Å²) in [6, 6.07) is 5.39. The highest BCUT2D eigenvalue weighted by molar-refractivity contribution is 9.10. The third kappa shape index (κ3) is 3.32. The Hall–Kier alpha value is -0.880. The summed E-state index contributed by atoms with van der Waals surface area (Å²) < 4.78 is 28.3. The minimum Gasteiger partial charge on any atom is -0.487 e. The van der Waals surface area contributed by atoms with Gasteiger partial charge in [-0.25, -0.2) is 8.42 Å². The summed E-state index contributed by atoms with van der Waals surface area (Å²) >= 11 is 3.36. The third-order valence-electron chi connectivity index (χ3n) is 2.62. The Labute approximate surface area is 114 Å². The van der Waals surface area contributed by atoms with Gasteiger partial charge in [0.1, 0.15) is 17.6 Å². The number of hydrogen-bond acceptors (Lipinski definition) is 4. The van der Waals surface area contributed by atoms with E-state index in [0.717, 1.165) is 10.0 Å². The van der Waals surface area contributed by atoms with Crippen molar-refractivity contribution in [3.05, 3.63) is 28.2 Å². The van der Waals surface area contributed by atoms with Gasteiger partial charge in [0.25, 0.3) is 0 Å². The molecule has 0 atom stereocenters. The van der Waals surface area contributed by atoms with E-state index in [2.05, 4.69) is 15.9 Å². The van der Waals surface area contributed by atoms with E-state index in [-0.39, 0.29) is 23.4 Å². The second-order valence-corrected chi connectivity index (χ2v) is 7.47. The van der Waals surface area contributed by atoms with Crippen molar-refractivity contribution >= 4 is 31.6 Å². The molecule has 0 spiro atoms. The van der Waals surface area contributed by atoms with Crippen LogP contribution in [0.1, 0.15) is 12.5 Å². The highest BCUT2D eigenvalue weighted by atomic mass is 79.9. The van der Waals surface area contributed by atoms with E-state index in [0.29, 0.717) is 12.2 Å². The number of carbonyl (C=O) groups excluding carboxylic acids is 1. The van der Waals surface area contributed by atoms with Crippen LogP contribution in [0.4, 0.5) is 0 Å². The Morgan fingerprint density at radius 1 is 1.44 bits per heavy atom. The average Bonchev–Trinajstić information content (AvgIpc) is 2.18. The smallest absolute Gasteiger partial charge is 0.157 e. The largest absolute Gasteiger partial charge is 0.487 e. The van der Waals surface area contributed by atoms with Crippen molar-refractivity contribution in [1.29, 1.82) is 0 Å². The molecular formula is C12H13BrO4S. The first-order chi connectivity index (χ1) is 8.35. The highest BCUT2D eigenvalue weighted by Crippen LogP contribution is 2.29. The lowest BCUT2D eigenvalue weighted by Crippen LogP contribution is -2.45. The molecule has 1 heterocycles. The van der Waals surface area contributed by atoms with Crippen LogP contribution in [0.2, 0.25) is 0 Å². The number of ether oxygens (including phenoxy) is 1. The van der Waals surface area contributed by atoms with Gasteiger partial charge in [-0.3, -0.25) is 4.79 Å². The van der Waals surface area contributed by atoms with Crippen molar-refractivity contribution in [3.8, 4) is 5.75 Å². The van der Waals surface area contributed by atoms with Gasteiger partial charge in [-0.15, -0.1) is 0 Å². The fourth-order valence-corrected chi connectivity index (χ4v) is 3.49. The molecule has 0 aliphatic carbocycles. The normalized spacial score (nSPS) is 18.1. The molecule has 0 unspecified atom stereocenters. The fourth-order valence-electron chi connectivity index (χ4n) is 1.80. The van der Waals surface area contributed by atoms with Crippen molar-refractivity contribution in [2.75, 3.05) is 11.5 Å². The van der Waals surface area contributed by atoms with Crippen LogP contribution in [0.5, 0.6) is 5.75 Å². The van der Waals surface area contributed by atoms with Crippen LogP contribution < -0.4 is 4.74 Å². The number of halogens is 1. The maximum atomic E-state index is 11.0. The van der Waals surface area contributed by atoms with Crippen LogP contribution >= 0.6 is 15.9 Å². The molecule has 1 aliphatic rings. The number of sulfone groups is 1. The number of ketones is 1. The monoisotopic (exact) mass is 332 g/mol. The molecule has 1 saturated heterocycles. The Morgan fingerprint density at radius 2 is 2.11 bits per heavy atom.